The average Bonchev–Trinajstić information content (AvgIpc) is 2.85. The second kappa shape index (κ2) is 9.57. The fraction of sp³-hybridized carbons (Fsp3) is 0.429. The van der Waals surface area contributed by atoms with Crippen molar-refractivity contribution in [1.82, 2.24) is 4.90 Å². The van der Waals surface area contributed by atoms with Crippen LogP contribution < -0.4 is 15.0 Å². The van der Waals surface area contributed by atoms with Crippen LogP contribution in [0.1, 0.15) is 50.2 Å². The molecule has 0 radical (unpaired) electrons. The topological polar surface area (TPSA) is 61.9 Å². The molecule has 2 saturated heterocycles. The molecule has 35 heavy (non-hydrogen) atoms. The monoisotopic (exact) mass is 493 g/mol. The summed E-state index contributed by atoms with van der Waals surface area (Å²) < 4.78 is 6.51. The lowest BCUT2D eigenvalue weighted by Gasteiger charge is -2.43. The highest BCUT2D eigenvalue weighted by Crippen LogP contribution is 2.43. The molecule has 184 valence electrons. The molecular formula is C28H32ClN3O3. The van der Waals surface area contributed by atoms with Crippen LogP contribution in [0.3, 0.4) is 0 Å². The third-order valence-corrected chi connectivity index (χ3v) is 7.68. The molecule has 2 amide bonds. The Balaban J connectivity index is 1.28. The van der Waals surface area contributed by atoms with E-state index in [1.165, 1.54) is 18.2 Å². The fourth-order valence-corrected chi connectivity index (χ4v) is 5.71. The number of aryl methyl sites for hydroxylation is 1. The van der Waals surface area contributed by atoms with E-state index in [4.69, 9.17) is 16.3 Å². The molecule has 1 spiro atoms. The first kappa shape index (κ1) is 23.7. The highest BCUT2D eigenvalue weighted by Gasteiger charge is 2.38. The van der Waals surface area contributed by atoms with Gasteiger partial charge in [0.1, 0.15) is 17.4 Å². The Morgan fingerprint density at radius 1 is 1.11 bits per heavy atom. The van der Waals surface area contributed by atoms with Crippen molar-refractivity contribution >= 4 is 40.9 Å². The smallest absolute Gasteiger partial charge is 0.247 e. The maximum Gasteiger partial charge on any atom is 0.247 e. The average molecular weight is 494 g/mol. The van der Waals surface area contributed by atoms with Crippen molar-refractivity contribution in [3.8, 4) is 5.75 Å². The van der Waals surface area contributed by atoms with Crippen molar-refractivity contribution in [1.29, 1.82) is 0 Å². The predicted octanol–water partition coefficient (Wildman–Crippen LogP) is 5.43. The summed E-state index contributed by atoms with van der Waals surface area (Å²) in [5, 5.41) is 3.45. The standard InChI is InChI=1S/C28H32ClN3O3/c1-19-6-5-7-23(16-19)31-14-11-28(12-15-31)10-9-21-17-22(18-24(29)26(21)35-28)30-27(34)25-8-3-4-13-32(25)20(2)33/h5-7,9-10,16-18,25H,3-4,8,11-15H2,1-2H3,(H,30,34)/t25-/m1/s1. The van der Waals surface area contributed by atoms with Crippen LogP contribution in [-0.2, 0) is 9.59 Å². The van der Waals surface area contributed by atoms with E-state index in [9.17, 15) is 9.59 Å². The van der Waals surface area contributed by atoms with Gasteiger partial charge in [-0.1, -0.05) is 29.8 Å². The number of halogens is 1. The van der Waals surface area contributed by atoms with Crippen LogP contribution in [0, 0.1) is 6.92 Å². The second-order valence-electron chi connectivity index (χ2n) is 9.92. The van der Waals surface area contributed by atoms with Crippen molar-refractivity contribution < 1.29 is 14.3 Å². The van der Waals surface area contributed by atoms with Crippen molar-refractivity contribution in [3.63, 3.8) is 0 Å². The lowest BCUT2D eigenvalue weighted by atomic mass is 9.87. The van der Waals surface area contributed by atoms with Gasteiger partial charge in [-0.15, -0.1) is 0 Å². The van der Waals surface area contributed by atoms with E-state index in [1.54, 1.807) is 11.0 Å². The number of hydrogen-bond acceptors (Lipinski definition) is 4. The van der Waals surface area contributed by atoms with E-state index in [2.05, 4.69) is 53.6 Å². The summed E-state index contributed by atoms with van der Waals surface area (Å²) in [7, 11) is 0. The highest BCUT2D eigenvalue weighted by atomic mass is 35.5. The number of benzene rings is 2. The number of rotatable bonds is 3. The van der Waals surface area contributed by atoms with Crippen LogP contribution in [0.25, 0.3) is 6.08 Å². The molecule has 2 fully saturated rings. The van der Waals surface area contributed by atoms with E-state index < -0.39 is 6.04 Å². The van der Waals surface area contributed by atoms with Crippen molar-refractivity contribution in [3.05, 3.63) is 58.6 Å². The molecule has 3 aliphatic heterocycles. The molecule has 2 aromatic rings. The molecule has 0 saturated carbocycles. The lowest BCUT2D eigenvalue weighted by molar-refractivity contribution is -0.138. The molecule has 1 atom stereocenters. The zero-order valence-electron chi connectivity index (χ0n) is 20.4. The van der Waals surface area contributed by atoms with E-state index in [1.807, 2.05) is 6.07 Å². The first-order chi connectivity index (χ1) is 16.8. The fourth-order valence-electron chi connectivity index (χ4n) is 5.44. The van der Waals surface area contributed by atoms with Gasteiger partial charge in [-0.05, 0) is 62.1 Å². The van der Waals surface area contributed by atoms with Crippen LogP contribution >= 0.6 is 11.6 Å². The largest absolute Gasteiger partial charge is 0.481 e. The van der Waals surface area contributed by atoms with E-state index in [-0.39, 0.29) is 17.4 Å². The quantitative estimate of drug-likeness (QED) is 0.619. The van der Waals surface area contributed by atoms with Crippen LogP contribution in [0.15, 0.2) is 42.5 Å². The van der Waals surface area contributed by atoms with Crippen LogP contribution in [-0.4, -0.2) is 48.0 Å². The maximum absolute atomic E-state index is 13.0. The minimum atomic E-state index is -0.440. The molecule has 2 aromatic carbocycles. The third kappa shape index (κ3) is 4.90. The van der Waals surface area contributed by atoms with E-state index in [0.717, 1.165) is 44.3 Å². The Bertz CT molecular complexity index is 1170. The zero-order chi connectivity index (χ0) is 24.6. The van der Waals surface area contributed by atoms with Crippen molar-refractivity contribution in [2.75, 3.05) is 29.9 Å². The number of amides is 2. The molecule has 6 nitrogen and oxygen atoms in total. The first-order valence-corrected chi connectivity index (χ1v) is 12.8. The number of likely N-dealkylation sites (tertiary alicyclic amines) is 1. The Morgan fingerprint density at radius 3 is 2.66 bits per heavy atom. The first-order valence-electron chi connectivity index (χ1n) is 12.5. The summed E-state index contributed by atoms with van der Waals surface area (Å²) in [4.78, 5) is 29.0. The molecule has 1 N–H and O–H groups in total. The zero-order valence-corrected chi connectivity index (χ0v) is 21.1. The Labute approximate surface area is 211 Å². The summed E-state index contributed by atoms with van der Waals surface area (Å²) in [6, 6.07) is 11.8. The van der Waals surface area contributed by atoms with Gasteiger partial charge in [0.2, 0.25) is 11.8 Å². The molecule has 0 aromatic heterocycles. The summed E-state index contributed by atoms with van der Waals surface area (Å²) in [5.74, 6) is 0.430. The summed E-state index contributed by atoms with van der Waals surface area (Å²) >= 11 is 6.65. The molecule has 0 unspecified atom stereocenters. The number of piperidine rings is 2. The van der Waals surface area contributed by atoms with Gasteiger partial charge >= 0.3 is 0 Å². The highest BCUT2D eigenvalue weighted by molar-refractivity contribution is 6.32. The van der Waals surface area contributed by atoms with Crippen LogP contribution in [0.5, 0.6) is 5.75 Å². The number of nitrogens with one attached hydrogen (secondary N) is 1. The summed E-state index contributed by atoms with van der Waals surface area (Å²) in [5.41, 5.74) is 3.61. The normalized spacial score (nSPS) is 20.8. The molecule has 5 rings (SSSR count). The number of nitrogens with zero attached hydrogens (tertiary/aromatic N) is 2. The van der Waals surface area contributed by atoms with Gasteiger partial charge in [0.25, 0.3) is 0 Å². The van der Waals surface area contributed by atoms with Crippen LogP contribution in [0.4, 0.5) is 11.4 Å². The number of carbonyl (C=O) groups is 2. The van der Waals surface area contributed by atoms with Gasteiger partial charge in [0.05, 0.1) is 5.02 Å². The molecule has 3 heterocycles. The minimum Gasteiger partial charge on any atom is -0.481 e. The molecule has 0 aliphatic carbocycles. The van der Waals surface area contributed by atoms with Crippen molar-refractivity contribution in [2.24, 2.45) is 0 Å². The Kier molecular flexibility index (Phi) is 6.49. The van der Waals surface area contributed by atoms with Gasteiger partial charge in [0, 0.05) is 56.3 Å². The second-order valence-corrected chi connectivity index (χ2v) is 10.3. The summed E-state index contributed by atoms with van der Waals surface area (Å²) in [6.45, 7) is 6.07. The van der Waals surface area contributed by atoms with Gasteiger partial charge in [-0.2, -0.15) is 0 Å². The number of ether oxygens (including phenoxy) is 1. The SMILES string of the molecule is CC(=O)N1CCCC[C@@H]1C(=O)Nc1cc(Cl)c2c(c1)C=CC1(CCN(c3cccc(C)c3)CC1)O2. The van der Waals surface area contributed by atoms with E-state index in [0.29, 0.717) is 29.4 Å². The number of hydrogen-bond donors (Lipinski definition) is 1. The van der Waals surface area contributed by atoms with Gasteiger partial charge in [0.15, 0.2) is 0 Å². The number of carbonyl (C=O) groups excluding carboxylic acids is 2. The molecule has 3 aliphatic rings. The van der Waals surface area contributed by atoms with Gasteiger partial charge in [-0.25, -0.2) is 0 Å². The Morgan fingerprint density at radius 2 is 1.91 bits per heavy atom. The summed E-state index contributed by atoms with van der Waals surface area (Å²) in [6.07, 6.45) is 8.49. The number of anilines is 2. The van der Waals surface area contributed by atoms with Gasteiger partial charge < -0.3 is 19.9 Å². The molecule has 7 heteroatoms. The lowest BCUT2D eigenvalue weighted by Crippen LogP contribution is -2.49. The number of fused-ring (bicyclic) bond motifs is 1. The van der Waals surface area contributed by atoms with Gasteiger partial charge in [-0.3, -0.25) is 9.59 Å². The third-order valence-electron chi connectivity index (χ3n) is 7.40. The molecular weight excluding hydrogens is 462 g/mol. The molecule has 0 bridgehead atoms. The maximum atomic E-state index is 13.0. The minimum absolute atomic E-state index is 0.0663. The van der Waals surface area contributed by atoms with Crippen LogP contribution in [0.2, 0.25) is 5.02 Å². The predicted molar refractivity (Wildman–Crippen MR) is 140 cm³/mol. The Hall–Kier alpha value is -2.99. The van der Waals surface area contributed by atoms with Crippen molar-refractivity contribution in [2.45, 2.75) is 57.6 Å². The van der Waals surface area contributed by atoms with E-state index >= 15 is 0 Å².